The minimum atomic E-state index is -3.39. The highest BCUT2D eigenvalue weighted by Crippen LogP contribution is 2.11. The predicted molar refractivity (Wildman–Crippen MR) is 74.4 cm³/mol. The molecule has 4 nitrogen and oxygen atoms in total. The largest absolute Gasteiger partial charge is 0.309 e. The summed E-state index contributed by atoms with van der Waals surface area (Å²) in [6.45, 7) is 1.30. The van der Waals surface area contributed by atoms with Crippen LogP contribution in [0.25, 0.3) is 0 Å². The van der Waals surface area contributed by atoms with Crippen LogP contribution in [-0.2, 0) is 15.9 Å². The lowest BCUT2D eigenvalue weighted by atomic mass is 10.2. The second-order valence-corrected chi connectivity index (χ2v) is 6.37. The smallest absolute Gasteiger partial charge is 0.240 e. The first-order chi connectivity index (χ1) is 8.45. The van der Waals surface area contributed by atoms with E-state index in [4.69, 9.17) is 11.6 Å². The number of benzene rings is 1. The average molecular weight is 291 g/mol. The third-order valence-corrected chi connectivity index (χ3v) is 4.25. The highest BCUT2D eigenvalue weighted by molar-refractivity contribution is 7.89. The van der Waals surface area contributed by atoms with Gasteiger partial charge in [0.2, 0.25) is 10.0 Å². The van der Waals surface area contributed by atoms with E-state index in [2.05, 4.69) is 4.72 Å². The van der Waals surface area contributed by atoms with Crippen molar-refractivity contribution in [2.75, 3.05) is 27.2 Å². The molecule has 0 radical (unpaired) electrons. The maximum atomic E-state index is 11.9. The molecular weight excluding hydrogens is 272 g/mol. The van der Waals surface area contributed by atoms with E-state index in [0.717, 1.165) is 18.5 Å². The van der Waals surface area contributed by atoms with Gasteiger partial charge in [0.25, 0.3) is 0 Å². The highest BCUT2D eigenvalue weighted by atomic mass is 35.5. The standard InChI is InChI=1S/C12H19ClN2O2S/c1-15(2)9-3-8-14-18(16,17)12-6-4-11(10-13)5-7-12/h4-7,14H,3,8-10H2,1-2H3. The van der Waals surface area contributed by atoms with Gasteiger partial charge in [-0.2, -0.15) is 0 Å². The van der Waals surface area contributed by atoms with Crippen molar-refractivity contribution < 1.29 is 8.42 Å². The topological polar surface area (TPSA) is 49.4 Å². The minimum Gasteiger partial charge on any atom is -0.309 e. The van der Waals surface area contributed by atoms with Crippen LogP contribution < -0.4 is 4.72 Å². The Morgan fingerprint density at radius 3 is 2.33 bits per heavy atom. The second kappa shape index (κ2) is 7.09. The first kappa shape index (κ1) is 15.4. The molecule has 0 aliphatic carbocycles. The Morgan fingerprint density at radius 2 is 1.83 bits per heavy atom. The maximum absolute atomic E-state index is 11.9. The van der Waals surface area contributed by atoms with Gasteiger partial charge in [-0.3, -0.25) is 0 Å². The van der Waals surface area contributed by atoms with E-state index in [1.807, 2.05) is 19.0 Å². The second-order valence-electron chi connectivity index (χ2n) is 4.33. The molecular formula is C12H19ClN2O2S. The third-order valence-electron chi connectivity index (χ3n) is 2.46. The van der Waals surface area contributed by atoms with E-state index < -0.39 is 10.0 Å². The summed E-state index contributed by atoms with van der Waals surface area (Å²) in [5, 5.41) is 0. The van der Waals surface area contributed by atoms with E-state index in [0.29, 0.717) is 12.4 Å². The average Bonchev–Trinajstić information content (AvgIpc) is 2.34. The fraction of sp³-hybridized carbons (Fsp3) is 0.500. The van der Waals surface area contributed by atoms with Gasteiger partial charge < -0.3 is 4.90 Å². The first-order valence-electron chi connectivity index (χ1n) is 5.75. The molecule has 1 rings (SSSR count). The van der Waals surface area contributed by atoms with E-state index in [9.17, 15) is 8.42 Å². The summed E-state index contributed by atoms with van der Waals surface area (Å²) in [5.74, 6) is 0.386. The fourth-order valence-electron chi connectivity index (χ4n) is 1.44. The van der Waals surface area contributed by atoms with E-state index in [-0.39, 0.29) is 4.90 Å². The number of rotatable bonds is 7. The molecule has 0 aromatic heterocycles. The first-order valence-corrected chi connectivity index (χ1v) is 7.77. The van der Waals surface area contributed by atoms with Crippen LogP contribution >= 0.6 is 11.6 Å². The molecule has 0 aliphatic rings. The van der Waals surface area contributed by atoms with Gasteiger partial charge in [0.1, 0.15) is 0 Å². The van der Waals surface area contributed by atoms with E-state index in [1.54, 1.807) is 24.3 Å². The summed E-state index contributed by atoms with van der Waals surface area (Å²) in [5.41, 5.74) is 0.906. The number of nitrogens with zero attached hydrogens (tertiary/aromatic N) is 1. The number of hydrogen-bond acceptors (Lipinski definition) is 3. The molecule has 0 bridgehead atoms. The Morgan fingerprint density at radius 1 is 1.22 bits per heavy atom. The van der Waals surface area contributed by atoms with Gasteiger partial charge in [-0.25, -0.2) is 13.1 Å². The third kappa shape index (κ3) is 4.94. The molecule has 102 valence electrons. The molecule has 18 heavy (non-hydrogen) atoms. The zero-order valence-corrected chi connectivity index (χ0v) is 12.3. The Kier molecular flexibility index (Phi) is 6.08. The van der Waals surface area contributed by atoms with Crippen LogP contribution in [0, 0.1) is 0 Å². The lowest BCUT2D eigenvalue weighted by Crippen LogP contribution is -2.27. The molecule has 0 saturated heterocycles. The number of alkyl halides is 1. The van der Waals surface area contributed by atoms with Gasteiger partial charge in [0, 0.05) is 12.4 Å². The molecule has 0 heterocycles. The van der Waals surface area contributed by atoms with Crippen LogP contribution in [0.5, 0.6) is 0 Å². The molecule has 1 N–H and O–H groups in total. The Hall–Kier alpha value is -0.620. The maximum Gasteiger partial charge on any atom is 0.240 e. The van der Waals surface area contributed by atoms with Crippen molar-refractivity contribution in [3.05, 3.63) is 29.8 Å². The monoisotopic (exact) mass is 290 g/mol. The van der Waals surface area contributed by atoms with Crippen LogP contribution in [0.4, 0.5) is 0 Å². The van der Waals surface area contributed by atoms with Crippen molar-refractivity contribution in [3.63, 3.8) is 0 Å². The van der Waals surface area contributed by atoms with Crippen molar-refractivity contribution in [2.45, 2.75) is 17.2 Å². The van der Waals surface area contributed by atoms with Crippen molar-refractivity contribution in [3.8, 4) is 0 Å². The van der Waals surface area contributed by atoms with Gasteiger partial charge >= 0.3 is 0 Å². The van der Waals surface area contributed by atoms with E-state index in [1.165, 1.54) is 0 Å². The minimum absolute atomic E-state index is 0.279. The molecule has 0 aliphatic heterocycles. The number of nitrogens with one attached hydrogen (secondary N) is 1. The quantitative estimate of drug-likeness (QED) is 0.614. The fourth-order valence-corrected chi connectivity index (χ4v) is 2.70. The molecule has 0 atom stereocenters. The normalized spacial score (nSPS) is 12.0. The summed E-state index contributed by atoms with van der Waals surface area (Å²) in [7, 11) is 0.521. The van der Waals surface area contributed by atoms with Gasteiger partial charge in [-0.05, 0) is 44.8 Å². The molecule has 1 aromatic carbocycles. The van der Waals surface area contributed by atoms with Gasteiger partial charge in [0.15, 0.2) is 0 Å². The zero-order chi connectivity index (χ0) is 13.6. The van der Waals surface area contributed by atoms with Crippen molar-refractivity contribution in [1.29, 1.82) is 0 Å². The van der Waals surface area contributed by atoms with Crippen LogP contribution in [-0.4, -0.2) is 40.5 Å². The van der Waals surface area contributed by atoms with Crippen molar-refractivity contribution in [1.82, 2.24) is 9.62 Å². The molecule has 6 heteroatoms. The van der Waals surface area contributed by atoms with Gasteiger partial charge in [-0.15, -0.1) is 11.6 Å². The lowest BCUT2D eigenvalue weighted by Gasteiger charge is -2.10. The van der Waals surface area contributed by atoms with Crippen LogP contribution in [0.3, 0.4) is 0 Å². The molecule has 0 unspecified atom stereocenters. The molecule has 0 spiro atoms. The number of halogens is 1. The van der Waals surface area contributed by atoms with Gasteiger partial charge in [-0.1, -0.05) is 12.1 Å². The number of sulfonamides is 1. The Labute approximate surface area is 114 Å². The number of hydrogen-bond donors (Lipinski definition) is 1. The highest BCUT2D eigenvalue weighted by Gasteiger charge is 2.12. The summed E-state index contributed by atoms with van der Waals surface area (Å²) in [6.07, 6.45) is 0.784. The molecule has 0 saturated carbocycles. The van der Waals surface area contributed by atoms with Crippen LogP contribution in [0.15, 0.2) is 29.2 Å². The van der Waals surface area contributed by atoms with Crippen LogP contribution in [0.2, 0.25) is 0 Å². The Bertz CT molecular complexity index is 457. The van der Waals surface area contributed by atoms with Crippen molar-refractivity contribution >= 4 is 21.6 Å². The lowest BCUT2D eigenvalue weighted by molar-refractivity contribution is 0.400. The summed E-state index contributed by atoms with van der Waals surface area (Å²) < 4.78 is 26.4. The Balaban J connectivity index is 2.57. The van der Waals surface area contributed by atoms with Crippen LogP contribution in [0.1, 0.15) is 12.0 Å². The SMILES string of the molecule is CN(C)CCCNS(=O)(=O)c1ccc(CCl)cc1. The summed E-state index contributed by atoms with van der Waals surface area (Å²) in [4.78, 5) is 2.30. The molecule has 0 fully saturated rings. The predicted octanol–water partition coefficient (Wildman–Crippen LogP) is 1.66. The van der Waals surface area contributed by atoms with Gasteiger partial charge in [0.05, 0.1) is 4.90 Å². The zero-order valence-electron chi connectivity index (χ0n) is 10.7. The molecule has 1 aromatic rings. The summed E-state index contributed by atoms with van der Waals surface area (Å²) >= 11 is 5.66. The van der Waals surface area contributed by atoms with Crippen molar-refractivity contribution in [2.24, 2.45) is 0 Å². The summed E-state index contributed by atoms with van der Waals surface area (Å²) in [6, 6.07) is 6.60. The van der Waals surface area contributed by atoms with E-state index >= 15 is 0 Å². The molecule has 0 amide bonds.